The van der Waals surface area contributed by atoms with Crippen LogP contribution in [0.5, 0.6) is 5.75 Å². The van der Waals surface area contributed by atoms with E-state index in [-0.39, 0.29) is 13.1 Å². The number of sulfonamides is 1. The lowest BCUT2D eigenvalue weighted by Crippen LogP contribution is -2.37. The molecule has 9 heteroatoms. The van der Waals surface area contributed by atoms with Gasteiger partial charge in [-0.05, 0) is 62.9 Å². The molecule has 0 bridgehead atoms. The van der Waals surface area contributed by atoms with E-state index in [1.54, 1.807) is 24.3 Å². The molecule has 31 heavy (non-hydrogen) atoms. The van der Waals surface area contributed by atoms with Crippen molar-refractivity contribution >= 4 is 16.0 Å². The van der Waals surface area contributed by atoms with Crippen molar-refractivity contribution in [1.29, 1.82) is 0 Å². The molecule has 0 unspecified atom stereocenters. The number of nitrogens with zero attached hydrogens (tertiary/aromatic N) is 1. The summed E-state index contributed by atoms with van der Waals surface area (Å²) in [6.45, 7) is 5.13. The Hall–Kier alpha value is -2.52. The van der Waals surface area contributed by atoms with E-state index < -0.39 is 38.1 Å². The van der Waals surface area contributed by atoms with E-state index in [1.807, 2.05) is 6.92 Å². The lowest BCUT2D eigenvalue weighted by molar-refractivity contribution is -0.152. The number of halogens is 2. The fourth-order valence-electron chi connectivity index (χ4n) is 2.95. The van der Waals surface area contributed by atoms with E-state index in [0.717, 1.165) is 17.7 Å². The van der Waals surface area contributed by atoms with Crippen molar-refractivity contribution in [3.63, 3.8) is 0 Å². The van der Waals surface area contributed by atoms with Gasteiger partial charge >= 0.3 is 5.97 Å². The molecule has 2 aromatic rings. The summed E-state index contributed by atoms with van der Waals surface area (Å²) in [6.07, 6.45) is 1.60. The van der Waals surface area contributed by atoms with Crippen LogP contribution in [-0.4, -0.2) is 42.5 Å². The zero-order valence-electron chi connectivity index (χ0n) is 17.8. The van der Waals surface area contributed by atoms with E-state index in [1.165, 1.54) is 18.2 Å². The fourth-order valence-corrected chi connectivity index (χ4v) is 4.56. The molecule has 0 amide bonds. The Labute approximate surface area is 181 Å². The fraction of sp³-hybridized carbons (Fsp3) is 0.409. The van der Waals surface area contributed by atoms with E-state index in [4.69, 9.17) is 9.84 Å². The number of rotatable bonds is 11. The number of aliphatic carboxylic acids is 1. The summed E-state index contributed by atoms with van der Waals surface area (Å²) in [4.78, 5) is 10.6. The zero-order valence-corrected chi connectivity index (χ0v) is 18.6. The molecule has 0 radical (unpaired) electrons. The molecule has 0 aliphatic rings. The van der Waals surface area contributed by atoms with Gasteiger partial charge in [0, 0.05) is 19.2 Å². The molecule has 0 heterocycles. The third-order valence-electron chi connectivity index (χ3n) is 4.67. The molecule has 0 saturated carbocycles. The topological polar surface area (TPSA) is 83.9 Å². The van der Waals surface area contributed by atoms with Crippen molar-refractivity contribution in [3.8, 4) is 5.75 Å². The quantitative estimate of drug-likeness (QED) is 0.548. The van der Waals surface area contributed by atoms with E-state index in [2.05, 4.69) is 0 Å². The molecule has 1 N–H and O–H groups in total. The number of hydrogen-bond donors (Lipinski definition) is 1. The summed E-state index contributed by atoms with van der Waals surface area (Å²) >= 11 is 0. The highest BCUT2D eigenvalue weighted by Crippen LogP contribution is 2.22. The number of ether oxygens (including phenoxy) is 1. The van der Waals surface area contributed by atoms with Crippen LogP contribution in [0.15, 0.2) is 47.4 Å². The molecule has 0 fully saturated rings. The second-order valence-corrected chi connectivity index (χ2v) is 9.55. The highest BCUT2D eigenvalue weighted by molar-refractivity contribution is 7.89. The first-order valence-electron chi connectivity index (χ1n) is 9.94. The lowest BCUT2D eigenvalue weighted by Gasteiger charge is -2.22. The molecule has 0 saturated heterocycles. The van der Waals surface area contributed by atoms with Crippen molar-refractivity contribution in [2.45, 2.75) is 50.5 Å². The van der Waals surface area contributed by atoms with Gasteiger partial charge < -0.3 is 9.84 Å². The highest BCUT2D eigenvalue weighted by Gasteiger charge is 2.29. The van der Waals surface area contributed by atoms with Gasteiger partial charge in [-0.1, -0.05) is 19.1 Å². The van der Waals surface area contributed by atoms with Crippen LogP contribution in [0.2, 0.25) is 0 Å². The Bertz CT molecular complexity index is 1010. The number of carboxylic acid groups (broad SMARTS) is 1. The normalized spacial score (nSPS) is 12.2. The van der Waals surface area contributed by atoms with E-state index in [9.17, 15) is 22.0 Å². The van der Waals surface area contributed by atoms with Crippen molar-refractivity contribution < 1.29 is 31.8 Å². The minimum Gasteiger partial charge on any atom is -0.478 e. The van der Waals surface area contributed by atoms with Crippen molar-refractivity contribution in [2.24, 2.45) is 0 Å². The Morgan fingerprint density at radius 1 is 1.10 bits per heavy atom. The summed E-state index contributed by atoms with van der Waals surface area (Å²) < 4.78 is 59.5. The Balaban J connectivity index is 2.03. The van der Waals surface area contributed by atoms with Crippen LogP contribution in [0.3, 0.4) is 0 Å². The first-order valence-corrected chi connectivity index (χ1v) is 11.4. The van der Waals surface area contributed by atoms with Crippen LogP contribution in [0.4, 0.5) is 8.78 Å². The van der Waals surface area contributed by atoms with Gasteiger partial charge in [0.2, 0.25) is 10.0 Å². The average Bonchev–Trinajstić information content (AvgIpc) is 2.68. The molecule has 2 rings (SSSR count). The van der Waals surface area contributed by atoms with E-state index in [0.29, 0.717) is 31.1 Å². The molecule has 0 aliphatic carbocycles. The van der Waals surface area contributed by atoms with Gasteiger partial charge in [-0.15, -0.1) is 0 Å². The predicted molar refractivity (Wildman–Crippen MR) is 113 cm³/mol. The van der Waals surface area contributed by atoms with Gasteiger partial charge in [-0.2, -0.15) is 4.31 Å². The summed E-state index contributed by atoms with van der Waals surface area (Å²) in [5.74, 6) is -2.61. The molecule has 0 spiro atoms. The Morgan fingerprint density at radius 2 is 1.74 bits per heavy atom. The maximum absolute atomic E-state index is 14.0. The van der Waals surface area contributed by atoms with Crippen molar-refractivity contribution in [1.82, 2.24) is 4.31 Å². The molecule has 0 aliphatic heterocycles. The van der Waals surface area contributed by atoms with Crippen molar-refractivity contribution in [3.05, 3.63) is 59.7 Å². The molecule has 6 nitrogen and oxygen atoms in total. The summed E-state index contributed by atoms with van der Waals surface area (Å²) in [6, 6.07) is 9.32. The van der Waals surface area contributed by atoms with Crippen LogP contribution in [0, 0.1) is 11.6 Å². The largest absolute Gasteiger partial charge is 0.478 e. The maximum Gasteiger partial charge on any atom is 0.347 e. The molecule has 2 aromatic carbocycles. The van der Waals surface area contributed by atoms with Crippen LogP contribution in [-0.2, 0) is 21.2 Å². The van der Waals surface area contributed by atoms with Gasteiger partial charge in [0.25, 0.3) is 0 Å². The second kappa shape index (κ2) is 10.2. The third-order valence-corrected chi connectivity index (χ3v) is 6.60. The number of carboxylic acids is 1. The van der Waals surface area contributed by atoms with Crippen LogP contribution in [0.1, 0.15) is 39.2 Å². The number of benzene rings is 2. The standard InChI is InChI=1S/C22H27F2NO5S/c1-4-13-25(31(28,29)20-12-9-17(23)15-19(20)24)14-5-6-16-7-10-18(11-8-16)30-22(2,3)21(26)27/h7-12,15H,4-6,13-14H2,1-3H3,(H,26,27). The Kier molecular flexibility index (Phi) is 8.14. The lowest BCUT2D eigenvalue weighted by atomic mass is 10.1. The minimum atomic E-state index is -4.08. The second-order valence-electron chi connectivity index (χ2n) is 7.64. The monoisotopic (exact) mass is 455 g/mol. The minimum absolute atomic E-state index is 0.178. The molecule has 0 aromatic heterocycles. The smallest absolute Gasteiger partial charge is 0.347 e. The zero-order chi connectivity index (χ0) is 23.2. The van der Waals surface area contributed by atoms with Crippen molar-refractivity contribution in [2.75, 3.05) is 13.1 Å². The summed E-state index contributed by atoms with van der Waals surface area (Å²) in [5.41, 5.74) is -0.436. The van der Waals surface area contributed by atoms with Gasteiger partial charge in [0.05, 0.1) is 0 Å². The Morgan fingerprint density at radius 3 is 2.29 bits per heavy atom. The number of carbonyl (C=O) groups is 1. The van der Waals surface area contributed by atoms with Gasteiger partial charge in [-0.3, -0.25) is 0 Å². The highest BCUT2D eigenvalue weighted by atomic mass is 32.2. The van der Waals surface area contributed by atoms with E-state index >= 15 is 0 Å². The SMILES string of the molecule is CCCN(CCCc1ccc(OC(C)(C)C(=O)O)cc1)S(=O)(=O)c1ccc(F)cc1F. The van der Waals surface area contributed by atoms with Crippen LogP contribution >= 0.6 is 0 Å². The summed E-state index contributed by atoms with van der Waals surface area (Å²) in [5, 5.41) is 9.13. The van der Waals surface area contributed by atoms with Gasteiger partial charge in [-0.25, -0.2) is 22.0 Å². The molecule has 0 atom stereocenters. The van der Waals surface area contributed by atoms with Crippen LogP contribution in [0.25, 0.3) is 0 Å². The van der Waals surface area contributed by atoms with Gasteiger partial charge in [0.15, 0.2) is 5.60 Å². The maximum atomic E-state index is 14.0. The number of hydrogen-bond acceptors (Lipinski definition) is 4. The summed E-state index contributed by atoms with van der Waals surface area (Å²) in [7, 11) is -4.08. The average molecular weight is 456 g/mol. The van der Waals surface area contributed by atoms with Crippen LogP contribution < -0.4 is 4.74 Å². The first kappa shape index (κ1) is 24.7. The molecular weight excluding hydrogens is 428 g/mol. The predicted octanol–water partition coefficient (Wildman–Crippen LogP) is 4.24. The molecular formula is C22H27F2NO5S. The first-order chi connectivity index (χ1) is 14.5. The third kappa shape index (κ3) is 6.48. The molecule has 170 valence electrons. The van der Waals surface area contributed by atoms with Gasteiger partial charge in [0.1, 0.15) is 22.3 Å². The number of aryl methyl sites for hydroxylation is 1.